The summed E-state index contributed by atoms with van der Waals surface area (Å²) in [4.78, 5) is 239. The van der Waals surface area contributed by atoms with Gasteiger partial charge >= 0.3 is 5.97 Å². The maximum Gasteiger partial charge on any atom is 0.326 e. The molecule has 0 aromatic carbocycles. The molecule has 0 unspecified atom stereocenters. The third-order valence-electron chi connectivity index (χ3n) is 25.6. The quantitative estimate of drug-likeness (QED) is 0.0153. The molecular weight excluding hydrogens is 1820 g/mol. The van der Waals surface area contributed by atoms with Crippen LogP contribution in [0.4, 0.5) is 0 Å². The second-order valence-electron chi connectivity index (χ2n) is 36.7. The monoisotopic (exact) mass is 1980 g/mol. The van der Waals surface area contributed by atoms with Crippen molar-refractivity contribution in [3.05, 3.63) is 0 Å². The number of rotatable bonds is 57. The summed E-state index contributed by atoms with van der Waals surface area (Å²) in [6, 6.07) is -18.6. The third-order valence-corrected chi connectivity index (χ3v) is 25.6. The van der Waals surface area contributed by atoms with Gasteiger partial charge < -0.3 is 165 Å². The van der Waals surface area contributed by atoms with Crippen LogP contribution in [-0.4, -0.2) is 353 Å². The summed E-state index contributed by atoms with van der Waals surface area (Å²) in [6.07, 6.45) is 4.51. The summed E-state index contributed by atoms with van der Waals surface area (Å²) in [5.41, 5.74) is 44.8. The Kier molecular flexibility index (Phi) is 47.9. The lowest BCUT2D eigenvalue weighted by atomic mass is 9.96. The number of guanidine groups is 7. The van der Waals surface area contributed by atoms with Gasteiger partial charge in [0, 0.05) is 85.1 Å². The smallest absolute Gasteiger partial charge is 0.326 e. The Morgan fingerprint density at radius 1 is 0.314 bits per heavy atom. The Bertz CT molecular complexity index is 4360. The average molecular weight is 1980 g/mol. The standard InChI is InChI=1S/C86H153N37O17/c1-5-48(4)64(117-67(127)51(21-8-34-104-82(92)93)110-65(125)49(87)19-6-32-102-80(88)89)73(133)114-54(24-11-37-107-85(98)99)76(136)119-40-13-26-57(119)68(128)109-46-63(124)118-39-18-31-62(118)78(138)123-44-17-30-61(123)69(129)111-50(20-7-33-103-81(90)91)66(126)116-56(45-47(2)3)77(137)122-43-16-28-59(122)71(131)113-52(22-9-35-105-83(94)95)74(134)120-41-14-27-58(120)70(130)112-53(23-10-36-106-84(96)97)75(135)121-42-15-29-60(121)72(132)115-55(79(139)140)25-12-38-108-86(100)101/h47-62,64H,5-46,87H2,1-4H3,(H,109,128)(H,110,125)(H,111,129)(H,112,130)(H,113,131)(H,114,133)(H,115,132)(H,116,126)(H,117,127)(H,139,140)(H4,88,89,102)(H4,90,91,103)(H4,92,93,104)(H4,94,95,105)(H4,96,97,106)(H4,98,99,107)(H4,100,101,108)/t48-,49-,50-,51-,52-,53-,54-,55-,56-,57-,58-,59-,60-,61-,62-,64-/m0/s1. The van der Waals surface area contributed by atoms with Crippen LogP contribution in [0.1, 0.15) is 207 Å². The summed E-state index contributed by atoms with van der Waals surface area (Å²) < 4.78 is 0. The molecule has 0 aromatic heterocycles. The summed E-state index contributed by atoms with van der Waals surface area (Å²) in [7, 11) is 0. The minimum Gasteiger partial charge on any atom is -0.480 e. The molecule has 0 radical (unpaired) electrons. The molecule has 140 heavy (non-hydrogen) atoms. The van der Waals surface area contributed by atoms with Gasteiger partial charge in [-0.1, -0.05) is 34.1 Å². The fourth-order valence-electron chi connectivity index (χ4n) is 18.2. The Balaban J connectivity index is 1.13. The first kappa shape index (κ1) is 115. The van der Waals surface area contributed by atoms with Crippen LogP contribution in [0.3, 0.4) is 0 Å². The van der Waals surface area contributed by atoms with Gasteiger partial charge in [-0.05, 0) is 185 Å². The molecule has 6 heterocycles. The summed E-state index contributed by atoms with van der Waals surface area (Å²) in [6.45, 7) is 7.72. The number of carbonyl (C=O) groups is 16. The molecule has 784 valence electrons. The van der Waals surface area contributed by atoms with E-state index in [1.807, 2.05) is 0 Å². The van der Waals surface area contributed by atoms with Crippen LogP contribution in [0.15, 0.2) is 0 Å². The van der Waals surface area contributed by atoms with Crippen LogP contribution < -0.4 is 131 Å². The number of hydrogen-bond donors (Lipinski definition) is 32. The van der Waals surface area contributed by atoms with Crippen molar-refractivity contribution in [2.75, 3.05) is 91.6 Å². The predicted molar refractivity (Wildman–Crippen MR) is 515 cm³/mol. The van der Waals surface area contributed by atoms with Crippen molar-refractivity contribution >= 4 is 136 Å². The van der Waals surface area contributed by atoms with Gasteiger partial charge in [0.25, 0.3) is 0 Å². The van der Waals surface area contributed by atoms with E-state index in [2.05, 4.69) is 85.1 Å². The Hall–Kier alpha value is -13.6. The molecule has 0 spiro atoms. The van der Waals surface area contributed by atoms with Crippen LogP contribution in [0.2, 0.25) is 0 Å². The van der Waals surface area contributed by atoms with Gasteiger partial charge in [-0.2, -0.15) is 0 Å². The highest BCUT2D eigenvalue weighted by atomic mass is 16.4. The van der Waals surface area contributed by atoms with E-state index in [9.17, 15) is 72.2 Å². The fourth-order valence-corrected chi connectivity index (χ4v) is 18.2. The van der Waals surface area contributed by atoms with E-state index in [0.29, 0.717) is 51.4 Å². The number of likely N-dealkylation sites (tertiary alicyclic amines) is 6. The van der Waals surface area contributed by atoms with E-state index in [0.717, 1.165) is 0 Å². The number of nitrogens with one attached hydrogen (secondary N) is 23. The molecule has 6 saturated heterocycles. The van der Waals surface area contributed by atoms with Crippen LogP contribution in [0.25, 0.3) is 0 Å². The molecule has 15 amide bonds. The highest BCUT2D eigenvalue weighted by molar-refractivity contribution is 6.02. The SMILES string of the molecule is CC[C@H](C)[C@H](NC(=O)[C@H](CCCNC(=N)N)NC(=O)[C@@H](N)CCCNC(=N)N)C(=O)N[C@@H](CCCNC(=N)N)C(=O)N1CCC[C@H]1C(=O)NCC(=O)N1CCC[C@H]1C(=O)N1CCC[C@H]1C(=O)N[C@@H](CCCNC(=N)N)C(=O)N[C@@H](CC(C)C)C(=O)N1CCC[C@H]1C(=O)N[C@@H](CCCNC(=N)N)C(=O)N1CCC[C@H]1C(=O)N[C@@H](CCCNC(=N)N)C(=O)N1CCC[C@H]1C(=O)N[C@@H](CCCNC(=N)N)C(=O)O. The number of hydrogen-bond acceptors (Lipinski definition) is 24. The first-order valence-corrected chi connectivity index (χ1v) is 48.5. The van der Waals surface area contributed by atoms with Gasteiger partial charge in [0.2, 0.25) is 88.6 Å². The van der Waals surface area contributed by atoms with Crippen LogP contribution in [-0.2, 0) is 76.7 Å². The fraction of sp³-hybridized carbons (Fsp3) is 0.733. The normalized spacial score (nSPS) is 19.8. The largest absolute Gasteiger partial charge is 0.480 e. The van der Waals surface area contributed by atoms with Crippen molar-refractivity contribution in [2.24, 2.45) is 57.7 Å². The zero-order valence-corrected chi connectivity index (χ0v) is 80.8. The average Bonchev–Trinajstić information content (AvgIpc) is 1.64. The van der Waals surface area contributed by atoms with Gasteiger partial charge in [-0.15, -0.1) is 0 Å². The molecule has 0 bridgehead atoms. The molecule has 0 saturated carbocycles. The molecule has 6 fully saturated rings. The first-order chi connectivity index (χ1) is 66.4. The minimum absolute atomic E-state index is 0.0107. The van der Waals surface area contributed by atoms with Crippen molar-refractivity contribution in [1.82, 2.24) is 114 Å². The maximum atomic E-state index is 15.2. The van der Waals surface area contributed by atoms with Crippen molar-refractivity contribution in [2.45, 2.75) is 298 Å². The van der Waals surface area contributed by atoms with E-state index in [1.165, 1.54) is 29.4 Å². The van der Waals surface area contributed by atoms with E-state index in [-0.39, 0.29) is 261 Å². The molecule has 6 aliphatic heterocycles. The predicted octanol–water partition coefficient (Wildman–Crippen LogP) is -8.73. The van der Waals surface area contributed by atoms with Gasteiger partial charge in [-0.25, -0.2) is 4.79 Å². The zero-order chi connectivity index (χ0) is 104. The Morgan fingerprint density at radius 2 is 0.586 bits per heavy atom. The van der Waals surface area contributed by atoms with Gasteiger partial charge in [0.05, 0.1) is 12.6 Å². The topological polar surface area (TPSA) is 880 Å². The maximum absolute atomic E-state index is 15.2. The number of aliphatic carboxylic acids is 1. The number of carboxylic acid groups (broad SMARTS) is 1. The molecule has 6 aliphatic rings. The lowest BCUT2D eigenvalue weighted by molar-refractivity contribution is -0.147. The number of carboxylic acids is 1. The van der Waals surface area contributed by atoms with Crippen LogP contribution in [0, 0.1) is 49.7 Å². The lowest BCUT2D eigenvalue weighted by Gasteiger charge is -2.33. The highest BCUT2D eigenvalue weighted by Gasteiger charge is 2.48. The molecule has 40 N–H and O–H groups in total. The van der Waals surface area contributed by atoms with Crippen molar-refractivity contribution in [3.63, 3.8) is 0 Å². The molecule has 0 aliphatic carbocycles. The van der Waals surface area contributed by atoms with Crippen molar-refractivity contribution in [1.29, 1.82) is 37.9 Å². The van der Waals surface area contributed by atoms with Crippen LogP contribution in [0.5, 0.6) is 0 Å². The lowest BCUT2D eigenvalue weighted by Crippen LogP contribution is -2.60. The summed E-state index contributed by atoms with van der Waals surface area (Å²) in [5, 5.41) is 107. The molecule has 54 heteroatoms. The van der Waals surface area contributed by atoms with Gasteiger partial charge in [-0.3, -0.25) is 110 Å². The molecule has 16 atom stereocenters. The van der Waals surface area contributed by atoms with E-state index < -0.39 is 198 Å². The molecule has 54 nitrogen and oxygen atoms in total. The zero-order valence-electron chi connectivity index (χ0n) is 80.8. The molecular formula is C86H153N37O17. The van der Waals surface area contributed by atoms with Gasteiger partial charge in [0.15, 0.2) is 41.7 Å². The summed E-state index contributed by atoms with van der Waals surface area (Å²) >= 11 is 0. The van der Waals surface area contributed by atoms with E-state index in [4.69, 9.17) is 83.7 Å². The Labute approximate surface area is 814 Å². The first-order valence-electron chi connectivity index (χ1n) is 48.5. The highest BCUT2D eigenvalue weighted by Crippen LogP contribution is 2.30. The number of nitrogens with zero attached hydrogens (tertiary/aromatic N) is 6. The van der Waals surface area contributed by atoms with E-state index >= 15 is 9.59 Å². The second-order valence-corrected chi connectivity index (χ2v) is 36.7. The van der Waals surface area contributed by atoms with Crippen molar-refractivity contribution < 1.29 is 81.8 Å². The summed E-state index contributed by atoms with van der Waals surface area (Å²) in [5.74, 6) is -15.2. The Morgan fingerprint density at radius 3 is 0.943 bits per heavy atom. The second kappa shape index (κ2) is 58.3. The molecule has 0 aromatic rings. The third kappa shape index (κ3) is 36.9. The number of amides is 15. The number of nitrogens with two attached hydrogens (primary N) is 8. The van der Waals surface area contributed by atoms with Crippen LogP contribution >= 0.6 is 0 Å². The number of carbonyl (C=O) groups excluding carboxylic acids is 15. The minimum atomic E-state index is -1.39. The van der Waals surface area contributed by atoms with Gasteiger partial charge in [0.1, 0.15) is 84.6 Å². The van der Waals surface area contributed by atoms with E-state index in [1.54, 1.807) is 27.7 Å². The van der Waals surface area contributed by atoms with Crippen molar-refractivity contribution in [3.8, 4) is 0 Å². The molecule has 6 rings (SSSR count).